The van der Waals surface area contributed by atoms with E-state index in [4.69, 9.17) is 4.74 Å². The van der Waals surface area contributed by atoms with Crippen LogP contribution in [0, 0.1) is 27.9 Å². The van der Waals surface area contributed by atoms with Gasteiger partial charge in [0.25, 0.3) is 23.4 Å². The van der Waals surface area contributed by atoms with Crippen LogP contribution >= 0.6 is 11.3 Å². The number of esters is 1. The van der Waals surface area contributed by atoms with Crippen LogP contribution in [-0.4, -0.2) is 51.0 Å². The summed E-state index contributed by atoms with van der Waals surface area (Å²) in [6.45, 7) is 1.37. The lowest BCUT2D eigenvalue weighted by atomic mass is 9.76. The first-order valence-electron chi connectivity index (χ1n) is 13.0. The van der Waals surface area contributed by atoms with Gasteiger partial charge in [0.1, 0.15) is 17.2 Å². The summed E-state index contributed by atoms with van der Waals surface area (Å²) in [4.78, 5) is 76.9. The zero-order valence-corrected chi connectivity index (χ0v) is 22.7. The predicted octanol–water partition coefficient (Wildman–Crippen LogP) is 4.54. The highest BCUT2D eigenvalue weighted by Crippen LogP contribution is 2.41. The normalized spacial score (nSPS) is 19.9. The van der Waals surface area contributed by atoms with Gasteiger partial charge >= 0.3 is 5.97 Å². The van der Waals surface area contributed by atoms with Crippen molar-refractivity contribution >= 4 is 46.5 Å². The van der Waals surface area contributed by atoms with Crippen molar-refractivity contribution in [1.29, 1.82) is 0 Å². The number of non-ortho nitro benzene ring substituents is 1. The molecular formula is C29H25N3O8S. The Morgan fingerprint density at radius 1 is 0.976 bits per heavy atom. The van der Waals surface area contributed by atoms with Crippen molar-refractivity contribution in [3.63, 3.8) is 0 Å². The molecule has 11 nitrogen and oxygen atoms in total. The number of carbonyl (C=O) groups excluding carboxylic acids is 5. The lowest BCUT2D eigenvalue weighted by Gasteiger charge is -2.30. The highest BCUT2D eigenvalue weighted by atomic mass is 32.1. The quantitative estimate of drug-likeness (QED) is 0.0951. The number of fused-ring (bicyclic) bond motifs is 1. The maximum atomic E-state index is 13.6. The third kappa shape index (κ3) is 5.64. The van der Waals surface area contributed by atoms with E-state index in [1.54, 1.807) is 17.5 Å². The number of thiophene rings is 1. The maximum Gasteiger partial charge on any atom is 0.353 e. The fourth-order valence-electron chi connectivity index (χ4n) is 5.21. The average Bonchev–Trinajstić information content (AvgIpc) is 3.59. The van der Waals surface area contributed by atoms with Gasteiger partial charge in [-0.1, -0.05) is 13.0 Å². The average molecular weight is 576 g/mol. The highest BCUT2D eigenvalue weighted by molar-refractivity contribution is 7.12. The third-order valence-electron chi connectivity index (χ3n) is 7.37. The van der Waals surface area contributed by atoms with Crippen LogP contribution in [0.2, 0.25) is 0 Å². The lowest BCUT2D eigenvalue weighted by Crippen LogP contribution is -2.52. The largest absolute Gasteiger partial charge is 0.422 e. The zero-order valence-electron chi connectivity index (χ0n) is 21.9. The number of benzene rings is 2. The molecule has 3 atom stereocenters. The second kappa shape index (κ2) is 11.4. The molecule has 3 aromatic rings. The van der Waals surface area contributed by atoms with Gasteiger partial charge in [0, 0.05) is 23.3 Å². The molecule has 1 aromatic heterocycles. The summed E-state index contributed by atoms with van der Waals surface area (Å²) in [6.07, 6.45) is 1.78. The van der Waals surface area contributed by atoms with E-state index in [1.807, 2.05) is 6.92 Å². The first-order chi connectivity index (χ1) is 19.6. The molecule has 2 aliphatic rings. The smallest absolute Gasteiger partial charge is 0.353 e. The van der Waals surface area contributed by atoms with Gasteiger partial charge < -0.3 is 4.74 Å². The van der Waals surface area contributed by atoms with E-state index in [0.29, 0.717) is 17.7 Å². The van der Waals surface area contributed by atoms with E-state index < -0.39 is 52.8 Å². The molecule has 1 aliphatic carbocycles. The van der Waals surface area contributed by atoms with Crippen LogP contribution < -0.4 is 4.74 Å². The number of nitro benzene ring substituents is 1. The van der Waals surface area contributed by atoms with Gasteiger partial charge in [-0.3, -0.25) is 29.3 Å². The monoisotopic (exact) mass is 575 g/mol. The summed E-state index contributed by atoms with van der Waals surface area (Å²) in [6, 6.07) is 13.8. The number of hydrazine groups is 1. The SMILES string of the molecule is C[C@@H]1CC[C@@H]2C(=O)N(N(CC(=O)c3ccc(OC(=O)c4cccs4)cc3)C(=O)c3ccc([N+](=O)[O-])cc3)C(=O)[C@@H]2C1. The van der Waals surface area contributed by atoms with Crippen molar-refractivity contribution in [3.05, 3.63) is 92.2 Å². The molecule has 12 heteroatoms. The van der Waals surface area contributed by atoms with Crippen molar-refractivity contribution in [2.45, 2.75) is 26.2 Å². The van der Waals surface area contributed by atoms with Crippen LogP contribution in [0.5, 0.6) is 5.75 Å². The summed E-state index contributed by atoms with van der Waals surface area (Å²) < 4.78 is 5.32. The molecule has 0 spiro atoms. The van der Waals surface area contributed by atoms with Crippen molar-refractivity contribution in [3.8, 4) is 5.75 Å². The predicted molar refractivity (Wildman–Crippen MR) is 146 cm³/mol. The second-order valence-electron chi connectivity index (χ2n) is 10.1. The lowest BCUT2D eigenvalue weighted by molar-refractivity contribution is -0.384. The number of hydrogen-bond donors (Lipinski definition) is 0. The number of amides is 3. The topological polar surface area (TPSA) is 144 Å². The zero-order chi connectivity index (χ0) is 29.3. The number of Topliss-reactive ketones (excluding diaryl/α,β-unsaturated/α-hetero) is 1. The van der Waals surface area contributed by atoms with Crippen molar-refractivity contribution < 1.29 is 33.6 Å². The Labute approximate surface area is 238 Å². The van der Waals surface area contributed by atoms with E-state index in [0.717, 1.165) is 28.6 Å². The van der Waals surface area contributed by atoms with Gasteiger partial charge in [-0.05, 0) is 73.0 Å². The third-order valence-corrected chi connectivity index (χ3v) is 8.22. The highest BCUT2D eigenvalue weighted by Gasteiger charge is 2.52. The molecule has 2 aromatic carbocycles. The standard InChI is InChI=1S/C29H25N3O8S/c1-17-4-13-22-23(15-17)28(36)31(27(22)35)30(26(34)19-5-9-20(10-6-19)32(38)39)16-24(33)18-7-11-21(12-8-18)40-29(37)25-3-2-14-41-25/h2-3,5-12,14,17,22-23H,4,13,15-16H2,1H3/t17-,22+,23-/m1/s1. The van der Waals surface area contributed by atoms with Gasteiger partial charge in [0.05, 0.1) is 16.8 Å². The fraction of sp³-hybridized carbons (Fsp3) is 0.276. The number of carbonyl (C=O) groups is 5. The first kappa shape index (κ1) is 27.8. The summed E-state index contributed by atoms with van der Waals surface area (Å²) in [5.74, 6) is -3.70. The Morgan fingerprint density at radius 3 is 2.27 bits per heavy atom. The first-order valence-corrected chi connectivity index (χ1v) is 13.8. The number of imide groups is 1. The van der Waals surface area contributed by atoms with Crippen LogP contribution in [0.15, 0.2) is 66.0 Å². The minimum absolute atomic E-state index is 0.0249. The van der Waals surface area contributed by atoms with Gasteiger partial charge in [-0.2, -0.15) is 5.01 Å². The molecule has 0 radical (unpaired) electrons. The van der Waals surface area contributed by atoms with Crippen molar-refractivity contribution in [2.24, 2.45) is 17.8 Å². The summed E-state index contributed by atoms with van der Waals surface area (Å²) >= 11 is 1.23. The second-order valence-corrected chi connectivity index (χ2v) is 11.0. The molecule has 0 bridgehead atoms. The summed E-state index contributed by atoms with van der Waals surface area (Å²) in [5, 5.41) is 14.4. The van der Waals surface area contributed by atoms with Gasteiger partial charge in [-0.15, -0.1) is 11.3 Å². The number of ketones is 1. The van der Waals surface area contributed by atoms with Gasteiger partial charge in [0.15, 0.2) is 5.78 Å². The van der Waals surface area contributed by atoms with E-state index in [-0.39, 0.29) is 28.5 Å². The summed E-state index contributed by atoms with van der Waals surface area (Å²) in [5.41, 5.74) is -0.104. The van der Waals surface area contributed by atoms with E-state index in [1.165, 1.54) is 47.7 Å². The molecule has 1 aliphatic heterocycles. The Hall–Kier alpha value is -4.71. The molecule has 210 valence electrons. The van der Waals surface area contributed by atoms with Crippen LogP contribution in [0.4, 0.5) is 5.69 Å². The van der Waals surface area contributed by atoms with Gasteiger partial charge in [-0.25, -0.2) is 9.80 Å². The van der Waals surface area contributed by atoms with Crippen LogP contribution in [0.3, 0.4) is 0 Å². The molecule has 3 amide bonds. The van der Waals surface area contributed by atoms with Crippen LogP contribution in [-0.2, 0) is 9.59 Å². The Kier molecular flexibility index (Phi) is 7.75. The molecule has 2 heterocycles. The molecule has 0 N–H and O–H groups in total. The van der Waals surface area contributed by atoms with Crippen molar-refractivity contribution in [1.82, 2.24) is 10.0 Å². The van der Waals surface area contributed by atoms with E-state index in [2.05, 4.69) is 0 Å². The number of ether oxygens (including phenoxy) is 1. The molecule has 5 rings (SSSR count). The van der Waals surface area contributed by atoms with E-state index in [9.17, 15) is 34.1 Å². The summed E-state index contributed by atoms with van der Waals surface area (Å²) in [7, 11) is 0. The number of nitro groups is 1. The Bertz CT molecular complexity index is 1520. The molecule has 41 heavy (non-hydrogen) atoms. The molecular weight excluding hydrogens is 550 g/mol. The molecule has 1 saturated heterocycles. The Balaban J connectivity index is 1.40. The minimum Gasteiger partial charge on any atom is -0.422 e. The number of nitrogens with zero attached hydrogens (tertiary/aromatic N) is 3. The molecule has 0 unspecified atom stereocenters. The van der Waals surface area contributed by atoms with Crippen LogP contribution in [0.1, 0.15) is 56.6 Å². The maximum absolute atomic E-state index is 13.6. The van der Waals surface area contributed by atoms with Crippen LogP contribution in [0.25, 0.3) is 0 Å². The minimum atomic E-state index is -0.817. The number of hydrogen-bond acceptors (Lipinski definition) is 9. The van der Waals surface area contributed by atoms with Gasteiger partial charge in [0.2, 0.25) is 0 Å². The molecule has 1 saturated carbocycles. The fourth-order valence-corrected chi connectivity index (χ4v) is 5.81. The van der Waals surface area contributed by atoms with E-state index >= 15 is 0 Å². The van der Waals surface area contributed by atoms with Crippen molar-refractivity contribution in [2.75, 3.05) is 6.54 Å². The molecule has 2 fully saturated rings. The Morgan fingerprint density at radius 2 is 1.63 bits per heavy atom. The number of rotatable bonds is 8.